The van der Waals surface area contributed by atoms with Crippen molar-refractivity contribution in [3.05, 3.63) is 65.2 Å². The highest BCUT2D eigenvalue weighted by Gasteiger charge is 2.19. The van der Waals surface area contributed by atoms with Gasteiger partial charge in [-0.1, -0.05) is 6.07 Å². The number of fused-ring (bicyclic) bond motifs is 1. The van der Waals surface area contributed by atoms with Gasteiger partial charge >= 0.3 is 5.97 Å². The van der Waals surface area contributed by atoms with Crippen molar-refractivity contribution >= 4 is 11.8 Å². The molecule has 0 amide bonds. The number of aliphatic carboxylic acids is 1. The molecule has 0 fully saturated rings. The van der Waals surface area contributed by atoms with Crippen LogP contribution in [0, 0.1) is 0 Å². The fourth-order valence-corrected chi connectivity index (χ4v) is 4.04. The highest BCUT2D eigenvalue weighted by Crippen LogP contribution is 2.23. The molecule has 1 aliphatic rings. The standard InChI is InChI=1S/C24H29N5O3/c1-32-22-11-9-18(16-26-22)21(15-23(30)31)29-14-12-20(28-29)7-4-6-19-10-8-17-5-2-3-13-25-24(17)27-19/h8-12,14,16,21H,2-7,13,15H2,1H3,(H,25,27)(H,30,31). The number of carboxylic acids is 1. The molecule has 2 N–H and O–H groups in total. The van der Waals surface area contributed by atoms with E-state index in [-0.39, 0.29) is 6.42 Å². The lowest BCUT2D eigenvalue weighted by atomic mass is 10.1. The van der Waals surface area contributed by atoms with Crippen LogP contribution >= 0.6 is 0 Å². The van der Waals surface area contributed by atoms with E-state index in [4.69, 9.17) is 9.72 Å². The predicted molar refractivity (Wildman–Crippen MR) is 121 cm³/mol. The van der Waals surface area contributed by atoms with Gasteiger partial charge in [0.05, 0.1) is 25.3 Å². The average Bonchev–Trinajstić information content (AvgIpc) is 3.14. The van der Waals surface area contributed by atoms with E-state index < -0.39 is 12.0 Å². The molecule has 0 bridgehead atoms. The Bertz CT molecular complexity index is 1050. The number of hydrogen-bond donors (Lipinski definition) is 2. The molecule has 1 unspecified atom stereocenters. The number of pyridine rings is 2. The second-order valence-corrected chi connectivity index (χ2v) is 8.08. The van der Waals surface area contributed by atoms with Crippen molar-refractivity contribution in [3.63, 3.8) is 0 Å². The molecule has 0 aromatic carbocycles. The van der Waals surface area contributed by atoms with Gasteiger partial charge in [0.15, 0.2) is 0 Å². The van der Waals surface area contributed by atoms with E-state index in [1.165, 1.54) is 18.4 Å². The van der Waals surface area contributed by atoms with Crippen LogP contribution in [-0.2, 0) is 24.1 Å². The van der Waals surface area contributed by atoms with E-state index in [0.717, 1.165) is 55.0 Å². The van der Waals surface area contributed by atoms with Crippen LogP contribution < -0.4 is 10.1 Å². The summed E-state index contributed by atoms with van der Waals surface area (Å²) in [4.78, 5) is 20.5. The summed E-state index contributed by atoms with van der Waals surface area (Å²) in [5, 5.41) is 17.5. The van der Waals surface area contributed by atoms with Crippen molar-refractivity contribution in [1.29, 1.82) is 0 Å². The first-order valence-corrected chi connectivity index (χ1v) is 11.1. The van der Waals surface area contributed by atoms with Crippen LogP contribution in [0.15, 0.2) is 42.7 Å². The van der Waals surface area contributed by atoms with Gasteiger partial charge in [-0.05, 0) is 67.9 Å². The Morgan fingerprint density at radius 2 is 2.06 bits per heavy atom. The van der Waals surface area contributed by atoms with E-state index in [9.17, 15) is 9.90 Å². The highest BCUT2D eigenvalue weighted by atomic mass is 16.5. The molecule has 1 atom stereocenters. The highest BCUT2D eigenvalue weighted by molar-refractivity contribution is 5.68. The Balaban J connectivity index is 1.39. The predicted octanol–water partition coefficient (Wildman–Crippen LogP) is 3.67. The maximum Gasteiger partial charge on any atom is 0.305 e. The number of methoxy groups -OCH3 is 1. The molecule has 0 saturated carbocycles. The van der Waals surface area contributed by atoms with E-state index in [0.29, 0.717) is 5.88 Å². The van der Waals surface area contributed by atoms with Crippen LogP contribution in [0.1, 0.15) is 54.2 Å². The van der Waals surface area contributed by atoms with E-state index in [1.54, 1.807) is 24.1 Å². The van der Waals surface area contributed by atoms with Crippen molar-refractivity contribution in [3.8, 4) is 5.88 Å². The van der Waals surface area contributed by atoms with Gasteiger partial charge in [0, 0.05) is 30.7 Å². The molecule has 3 aromatic heterocycles. The number of nitrogens with one attached hydrogen (secondary N) is 1. The number of rotatable bonds is 9. The molecule has 1 aliphatic heterocycles. The molecule has 4 heterocycles. The van der Waals surface area contributed by atoms with Gasteiger partial charge in [-0.15, -0.1) is 0 Å². The normalized spacial score (nSPS) is 14.2. The van der Waals surface area contributed by atoms with Gasteiger partial charge in [-0.25, -0.2) is 9.97 Å². The summed E-state index contributed by atoms with van der Waals surface area (Å²) in [5.74, 6) is 0.644. The van der Waals surface area contributed by atoms with Crippen LogP contribution in [0.4, 0.5) is 5.82 Å². The summed E-state index contributed by atoms with van der Waals surface area (Å²) in [6.07, 6.45) is 9.51. The maximum atomic E-state index is 11.4. The number of aryl methyl sites for hydroxylation is 3. The Morgan fingerprint density at radius 1 is 1.19 bits per heavy atom. The Morgan fingerprint density at radius 3 is 2.84 bits per heavy atom. The zero-order valence-corrected chi connectivity index (χ0v) is 18.3. The summed E-state index contributed by atoms with van der Waals surface area (Å²) < 4.78 is 6.82. The van der Waals surface area contributed by atoms with Crippen LogP contribution in [-0.4, -0.2) is 44.5 Å². The molecule has 0 aliphatic carbocycles. The fraction of sp³-hybridized carbons (Fsp3) is 0.417. The third-order valence-electron chi connectivity index (χ3n) is 5.77. The topological polar surface area (TPSA) is 102 Å². The molecular formula is C24H29N5O3. The van der Waals surface area contributed by atoms with Crippen LogP contribution in [0.2, 0.25) is 0 Å². The number of nitrogens with zero attached hydrogens (tertiary/aromatic N) is 4. The van der Waals surface area contributed by atoms with Gasteiger partial charge in [0.2, 0.25) is 5.88 Å². The zero-order chi connectivity index (χ0) is 22.3. The van der Waals surface area contributed by atoms with Gasteiger partial charge in [-0.2, -0.15) is 5.10 Å². The lowest BCUT2D eigenvalue weighted by Crippen LogP contribution is -2.16. The monoisotopic (exact) mass is 435 g/mol. The second kappa shape index (κ2) is 10.3. The Kier molecular flexibility index (Phi) is 6.99. The summed E-state index contributed by atoms with van der Waals surface area (Å²) in [6.45, 7) is 0.988. The second-order valence-electron chi connectivity index (χ2n) is 8.08. The summed E-state index contributed by atoms with van der Waals surface area (Å²) in [6, 6.07) is 9.43. The molecule has 8 heteroatoms. The zero-order valence-electron chi connectivity index (χ0n) is 18.3. The van der Waals surface area contributed by atoms with Crippen molar-refractivity contribution in [2.75, 3.05) is 19.0 Å². The Hall–Kier alpha value is -3.42. The number of carboxylic acid groups (broad SMARTS) is 1. The minimum Gasteiger partial charge on any atom is -0.481 e. The first kappa shape index (κ1) is 21.8. The minimum absolute atomic E-state index is 0.0683. The average molecular weight is 436 g/mol. The van der Waals surface area contributed by atoms with Crippen molar-refractivity contribution in [2.24, 2.45) is 0 Å². The summed E-state index contributed by atoms with van der Waals surface area (Å²) >= 11 is 0. The molecule has 0 saturated heterocycles. The van der Waals surface area contributed by atoms with Crippen LogP contribution in [0.25, 0.3) is 0 Å². The number of carbonyl (C=O) groups is 1. The molecule has 3 aromatic rings. The molecule has 0 radical (unpaired) electrons. The number of anilines is 1. The van der Waals surface area contributed by atoms with Crippen molar-refractivity contribution < 1.29 is 14.6 Å². The molecule has 0 spiro atoms. The number of ether oxygens (including phenoxy) is 1. The minimum atomic E-state index is -0.884. The quantitative estimate of drug-likeness (QED) is 0.529. The first-order valence-electron chi connectivity index (χ1n) is 11.1. The van der Waals surface area contributed by atoms with E-state index in [1.807, 2.05) is 18.3 Å². The molecule has 32 heavy (non-hydrogen) atoms. The third kappa shape index (κ3) is 5.43. The fourth-order valence-electron chi connectivity index (χ4n) is 4.04. The number of hydrogen-bond acceptors (Lipinski definition) is 6. The van der Waals surface area contributed by atoms with Gasteiger partial charge in [0.25, 0.3) is 0 Å². The van der Waals surface area contributed by atoms with Gasteiger partial charge in [-0.3, -0.25) is 9.48 Å². The lowest BCUT2D eigenvalue weighted by Gasteiger charge is -2.16. The number of aromatic nitrogens is 4. The van der Waals surface area contributed by atoms with Gasteiger partial charge < -0.3 is 15.2 Å². The van der Waals surface area contributed by atoms with Crippen molar-refractivity contribution in [2.45, 2.75) is 51.0 Å². The molecule has 4 rings (SSSR count). The summed E-state index contributed by atoms with van der Waals surface area (Å²) in [7, 11) is 1.55. The molecular weight excluding hydrogens is 406 g/mol. The first-order chi connectivity index (χ1) is 15.6. The van der Waals surface area contributed by atoms with Gasteiger partial charge in [0.1, 0.15) is 5.82 Å². The third-order valence-corrected chi connectivity index (χ3v) is 5.77. The Labute approximate surface area is 187 Å². The SMILES string of the molecule is COc1ccc(C(CC(=O)O)n2ccc(CCCc3ccc4c(n3)NCCCC4)n2)cn1. The molecule has 168 valence electrons. The molecule has 8 nitrogen and oxygen atoms in total. The van der Waals surface area contributed by atoms with Crippen LogP contribution in [0.3, 0.4) is 0 Å². The maximum absolute atomic E-state index is 11.4. The van der Waals surface area contributed by atoms with E-state index >= 15 is 0 Å². The smallest absolute Gasteiger partial charge is 0.305 e. The van der Waals surface area contributed by atoms with Crippen LogP contribution in [0.5, 0.6) is 5.88 Å². The van der Waals surface area contributed by atoms with E-state index in [2.05, 4.69) is 27.5 Å². The largest absolute Gasteiger partial charge is 0.481 e. The van der Waals surface area contributed by atoms with Crippen molar-refractivity contribution in [1.82, 2.24) is 19.7 Å². The summed E-state index contributed by atoms with van der Waals surface area (Å²) in [5.41, 5.74) is 4.12. The lowest BCUT2D eigenvalue weighted by molar-refractivity contribution is -0.137.